The van der Waals surface area contributed by atoms with Crippen molar-refractivity contribution >= 4 is 17.4 Å². The largest absolute Gasteiger partial charge is 0.399 e. The molecule has 0 bridgehead atoms. The lowest BCUT2D eigenvalue weighted by Gasteiger charge is -2.14. The zero-order valence-corrected chi connectivity index (χ0v) is 11.6. The van der Waals surface area contributed by atoms with E-state index in [4.69, 9.17) is 11.0 Å². The predicted octanol–water partition coefficient (Wildman–Crippen LogP) is 4.00. The van der Waals surface area contributed by atoms with E-state index in [0.717, 1.165) is 24.3 Å². The number of aryl methyl sites for hydroxylation is 1. The summed E-state index contributed by atoms with van der Waals surface area (Å²) in [4.78, 5) is 1.25. The highest BCUT2D eigenvalue weighted by Gasteiger charge is 2.15. The number of nitrogen functional groups attached to an aromatic ring is 1. The monoisotopic (exact) mass is 248 g/mol. The van der Waals surface area contributed by atoms with Crippen molar-refractivity contribution in [3.05, 3.63) is 23.8 Å². The summed E-state index contributed by atoms with van der Waals surface area (Å²) in [7, 11) is 0. The molecular formula is C14H20N2S. The van der Waals surface area contributed by atoms with Gasteiger partial charge in [0.2, 0.25) is 0 Å². The standard InChI is InChI=1S/C14H20N2S/c1-11-5-6-12(16)9-13(11)17-8-4-7-14(2,3)10-15/h5-6,9H,4,7-8,16H2,1-3H3. The van der Waals surface area contributed by atoms with Gasteiger partial charge in [-0.15, -0.1) is 11.8 Å². The molecule has 3 heteroatoms. The van der Waals surface area contributed by atoms with E-state index in [0.29, 0.717) is 0 Å². The minimum absolute atomic E-state index is 0.203. The van der Waals surface area contributed by atoms with Crippen molar-refractivity contribution in [1.82, 2.24) is 0 Å². The summed E-state index contributed by atoms with van der Waals surface area (Å²) in [5.41, 5.74) is 7.65. The van der Waals surface area contributed by atoms with Crippen molar-refractivity contribution in [2.45, 2.75) is 38.5 Å². The molecule has 0 spiro atoms. The maximum atomic E-state index is 8.92. The first-order chi connectivity index (χ1) is 7.94. The van der Waals surface area contributed by atoms with Gasteiger partial charge in [-0.25, -0.2) is 0 Å². The van der Waals surface area contributed by atoms with Gasteiger partial charge >= 0.3 is 0 Å². The molecule has 0 aliphatic carbocycles. The number of hydrogen-bond acceptors (Lipinski definition) is 3. The fourth-order valence-corrected chi connectivity index (χ4v) is 2.55. The van der Waals surface area contributed by atoms with Gasteiger partial charge in [0.1, 0.15) is 0 Å². The van der Waals surface area contributed by atoms with Crippen LogP contribution in [0.25, 0.3) is 0 Å². The van der Waals surface area contributed by atoms with Gasteiger partial charge < -0.3 is 5.73 Å². The second-order valence-corrected chi connectivity index (χ2v) is 6.11. The van der Waals surface area contributed by atoms with Gasteiger partial charge in [-0.2, -0.15) is 5.26 Å². The maximum absolute atomic E-state index is 8.92. The third-order valence-corrected chi connectivity index (χ3v) is 3.96. The van der Waals surface area contributed by atoms with Crippen molar-refractivity contribution in [3.8, 4) is 6.07 Å². The summed E-state index contributed by atoms with van der Waals surface area (Å²) in [6.45, 7) is 6.08. The Bertz CT molecular complexity index is 419. The van der Waals surface area contributed by atoms with Crippen molar-refractivity contribution in [1.29, 1.82) is 5.26 Å². The summed E-state index contributed by atoms with van der Waals surface area (Å²) in [5.74, 6) is 1.04. The van der Waals surface area contributed by atoms with Crippen LogP contribution >= 0.6 is 11.8 Å². The molecule has 0 fully saturated rings. The molecule has 0 aliphatic rings. The fraction of sp³-hybridized carbons (Fsp3) is 0.500. The Balaban J connectivity index is 2.42. The van der Waals surface area contributed by atoms with Gasteiger partial charge in [0.25, 0.3) is 0 Å². The van der Waals surface area contributed by atoms with E-state index in [9.17, 15) is 0 Å². The average Bonchev–Trinajstić information content (AvgIpc) is 2.29. The Morgan fingerprint density at radius 2 is 2.12 bits per heavy atom. The highest BCUT2D eigenvalue weighted by molar-refractivity contribution is 7.99. The van der Waals surface area contributed by atoms with E-state index in [1.165, 1.54) is 10.5 Å². The number of rotatable bonds is 5. The summed E-state index contributed by atoms with van der Waals surface area (Å²) in [6.07, 6.45) is 2.00. The summed E-state index contributed by atoms with van der Waals surface area (Å²) < 4.78 is 0. The number of benzene rings is 1. The minimum atomic E-state index is -0.203. The minimum Gasteiger partial charge on any atom is -0.399 e. The van der Waals surface area contributed by atoms with Crippen LogP contribution in [-0.2, 0) is 0 Å². The highest BCUT2D eigenvalue weighted by Crippen LogP contribution is 2.28. The molecule has 0 unspecified atom stereocenters. The Labute approximate surface area is 108 Å². The van der Waals surface area contributed by atoms with Crippen LogP contribution in [0.3, 0.4) is 0 Å². The number of thioether (sulfide) groups is 1. The summed E-state index contributed by atoms with van der Waals surface area (Å²) in [5, 5.41) is 8.92. The van der Waals surface area contributed by atoms with Crippen LogP contribution in [0.2, 0.25) is 0 Å². The van der Waals surface area contributed by atoms with Gasteiger partial charge in [-0.3, -0.25) is 0 Å². The first kappa shape index (κ1) is 13.9. The number of nitrogens with zero attached hydrogens (tertiary/aromatic N) is 1. The predicted molar refractivity (Wildman–Crippen MR) is 74.9 cm³/mol. The fourth-order valence-electron chi connectivity index (χ4n) is 1.52. The van der Waals surface area contributed by atoms with Gasteiger partial charge in [0, 0.05) is 10.6 Å². The molecule has 2 N–H and O–H groups in total. The molecule has 0 radical (unpaired) electrons. The molecule has 1 rings (SSSR count). The zero-order valence-electron chi connectivity index (χ0n) is 10.8. The summed E-state index contributed by atoms with van der Waals surface area (Å²) in [6, 6.07) is 8.34. The lowest BCUT2D eigenvalue weighted by Crippen LogP contribution is -2.07. The lowest BCUT2D eigenvalue weighted by molar-refractivity contribution is 0.448. The molecule has 0 aliphatic heterocycles. The van der Waals surface area contributed by atoms with Crippen molar-refractivity contribution in [2.75, 3.05) is 11.5 Å². The average molecular weight is 248 g/mol. The topological polar surface area (TPSA) is 49.8 Å². The molecule has 0 amide bonds. The van der Waals surface area contributed by atoms with Gasteiger partial charge in [0.05, 0.1) is 11.5 Å². The van der Waals surface area contributed by atoms with E-state index < -0.39 is 0 Å². The second-order valence-electron chi connectivity index (χ2n) is 4.97. The number of hydrogen-bond donors (Lipinski definition) is 1. The molecule has 1 aromatic carbocycles. The van der Waals surface area contributed by atoms with Crippen LogP contribution in [-0.4, -0.2) is 5.75 Å². The molecule has 1 aromatic rings. The first-order valence-corrected chi connectivity index (χ1v) is 6.83. The van der Waals surface area contributed by atoms with Crippen LogP contribution < -0.4 is 5.73 Å². The quantitative estimate of drug-likeness (QED) is 0.487. The Morgan fingerprint density at radius 1 is 1.41 bits per heavy atom. The molecule has 0 saturated heterocycles. The third-order valence-electron chi connectivity index (χ3n) is 2.72. The Kier molecular flexibility index (Phi) is 4.89. The SMILES string of the molecule is Cc1ccc(N)cc1SCCCC(C)(C)C#N. The molecule has 17 heavy (non-hydrogen) atoms. The molecule has 2 nitrogen and oxygen atoms in total. The highest BCUT2D eigenvalue weighted by atomic mass is 32.2. The Morgan fingerprint density at radius 3 is 2.76 bits per heavy atom. The molecule has 0 heterocycles. The zero-order chi connectivity index (χ0) is 12.9. The van der Waals surface area contributed by atoms with Crippen LogP contribution in [0.5, 0.6) is 0 Å². The van der Waals surface area contributed by atoms with Gasteiger partial charge in [-0.05, 0) is 57.1 Å². The van der Waals surface area contributed by atoms with Crippen molar-refractivity contribution in [3.63, 3.8) is 0 Å². The molecular weight excluding hydrogens is 228 g/mol. The van der Waals surface area contributed by atoms with E-state index in [1.54, 1.807) is 0 Å². The Hall–Kier alpha value is -1.14. The number of anilines is 1. The molecule has 0 aromatic heterocycles. The van der Waals surface area contributed by atoms with Crippen LogP contribution in [0.4, 0.5) is 5.69 Å². The third kappa shape index (κ3) is 4.70. The van der Waals surface area contributed by atoms with E-state index in [-0.39, 0.29) is 5.41 Å². The maximum Gasteiger partial charge on any atom is 0.0683 e. The van der Waals surface area contributed by atoms with Crippen molar-refractivity contribution in [2.24, 2.45) is 5.41 Å². The van der Waals surface area contributed by atoms with Crippen LogP contribution in [0.15, 0.2) is 23.1 Å². The first-order valence-electron chi connectivity index (χ1n) is 5.85. The second kappa shape index (κ2) is 5.97. The van der Waals surface area contributed by atoms with Crippen molar-refractivity contribution < 1.29 is 0 Å². The number of nitriles is 1. The van der Waals surface area contributed by atoms with E-state index >= 15 is 0 Å². The van der Waals surface area contributed by atoms with Gasteiger partial charge in [0.15, 0.2) is 0 Å². The van der Waals surface area contributed by atoms with Crippen LogP contribution in [0.1, 0.15) is 32.3 Å². The van der Waals surface area contributed by atoms with Crippen LogP contribution in [0, 0.1) is 23.7 Å². The van der Waals surface area contributed by atoms with E-state index in [2.05, 4.69) is 19.1 Å². The smallest absolute Gasteiger partial charge is 0.0683 e. The number of nitrogens with two attached hydrogens (primary N) is 1. The van der Waals surface area contributed by atoms with E-state index in [1.807, 2.05) is 37.7 Å². The molecule has 0 atom stereocenters. The lowest BCUT2D eigenvalue weighted by atomic mass is 9.90. The van der Waals surface area contributed by atoms with Gasteiger partial charge in [-0.1, -0.05) is 6.07 Å². The summed E-state index contributed by atoms with van der Waals surface area (Å²) >= 11 is 1.82. The molecule has 0 saturated carbocycles. The normalized spacial score (nSPS) is 11.2. The molecule has 92 valence electrons.